The molecule has 0 aliphatic carbocycles. The molecule has 0 bridgehead atoms. The molecular formula is C30H37FN10O3. The van der Waals surface area contributed by atoms with Crippen molar-refractivity contribution >= 4 is 28.3 Å². The number of halogens is 1. The monoisotopic (exact) mass is 604 g/mol. The Bertz CT molecular complexity index is 1810. The summed E-state index contributed by atoms with van der Waals surface area (Å²) in [6, 6.07) is 10.6. The third-order valence-electron chi connectivity index (χ3n) is 8.64. The van der Waals surface area contributed by atoms with Gasteiger partial charge in [-0.2, -0.15) is 14.6 Å². The van der Waals surface area contributed by atoms with E-state index in [9.17, 15) is 4.79 Å². The minimum absolute atomic E-state index is 0.170. The number of nitrogen functional groups attached to an aromatic ring is 1. The van der Waals surface area contributed by atoms with Crippen molar-refractivity contribution < 1.29 is 13.5 Å². The number of imidazole rings is 1. The Balaban J connectivity index is 0.983. The molecule has 2 fully saturated rings. The number of nitrogens with two attached hydrogens (primary N) is 1. The minimum atomic E-state index is -0.273. The highest BCUT2D eigenvalue weighted by molar-refractivity contribution is 5.91. The van der Waals surface area contributed by atoms with E-state index in [1.807, 2.05) is 24.3 Å². The lowest BCUT2D eigenvalue weighted by Gasteiger charge is -2.36. The molecule has 3 N–H and O–H groups in total. The largest absolute Gasteiger partial charge is 0.492 e. The maximum Gasteiger partial charge on any atom is 0.330 e. The number of nitrogens with zero attached hydrogens (tertiary/aromatic N) is 8. The van der Waals surface area contributed by atoms with E-state index in [2.05, 4.69) is 30.1 Å². The van der Waals surface area contributed by atoms with Gasteiger partial charge in [-0.05, 0) is 30.3 Å². The molecule has 13 nitrogen and oxygen atoms in total. The molecule has 4 aromatic heterocycles. The third kappa shape index (κ3) is 5.40. The maximum absolute atomic E-state index is 15.1. The lowest BCUT2D eigenvalue weighted by Crippen LogP contribution is -2.47. The molecule has 1 aromatic carbocycles. The van der Waals surface area contributed by atoms with Gasteiger partial charge in [0.2, 0.25) is 5.95 Å². The number of hydrogen-bond acceptors (Lipinski definition) is 10. The highest BCUT2D eigenvalue weighted by atomic mass is 19.1. The summed E-state index contributed by atoms with van der Waals surface area (Å²) in [7, 11) is 1.73. The minimum Gasteiger partial charge on any atom is -0.492 e. The molecular weight excluding hydrogens is 567 g/mol. The highest BCUT2D eigenvalue weighted by Gasteiger charge is 2.23. The molecule has 44 heavy (non-hydrogen) atoms. The van der Waals surface area contributed by atoms with Crippen molar-refractivity contribution in [2.24, 2.45) is 7.05 Å². The van der Waals surface area contributed by atoms with Crippen LogP contribution in [-0.4, -0.2) is 106 Å². The first-order valence-electron chi connectivity index (χ1n) is 15.1. The van der Waals surface area contributed by atoms with E-state index in [1.54, 1.807) is 28.5 Å². The first kappa shape index (κ1) is 28.4. The summed E-state index contributed by atoms with van der Waals surface area (Å²) in [4.78, 5) is 24.6. The van der Waals surface area contributed by atoms with Crippen molar-refractivity contribution in [3.63, 3.8) is 0 Å². The molecule has 2 saturated heterocycles. The highest BCUT2D eigenvalue weighted by Crippen LogP contribution is 2.27. The fraction of sp³-hybridized carbons (Fsp3) is 0.433. The summed E-state index contributed by atoms with van der Waals surface area (Å²) in [6.45, 7) is 9.35. The molecule has 14 heteroatoms. The number of ether oxygens (including phenoxy) is 1. The quantitative estimate of drug-likeness (QED) is 0.255. The van der Waals surface area contributed by atoms with E-state index in [-0.39, 0.29) is 17.5 Å². The second kappa shape index (κ2) is 11.9. The molecule has 0 radical (unpaired) electrons. The second-order valence-corrected chi connectivity index (χ2v) is 11.3. The smallest absolute Gasteiger partial charge is 0.330 e. The van der Waals surface area contributed by atoms with Gasteiger partial charge < -0.3 is 25.1 Å². The molecule has 5 aromatic rings. The van der Waals surface area contributed by atoms with Gasteiger partial charge in [-0.25, -0.2) is 9.18 Å². The zero-order chi connectivity index (χ0) is 30.2. The van der Waals surface area contributed by atoms with E-state index in [1.165, 1.54) is 10.6 Å². The number of hydrogen-bond donors (Lipinski definition) is 2. The molecule has 7 rings (SSSR count). The Morgan fingerprint density at radius 3 is 2.57 bits per heavy atom. The summed E-state index contributed by atoms with van der Waals surface area (Å²) in [6.07, 6.45) is 1.58. The lowest BCUT2D eigenvalue weighted by atomic mass is 10.2. The Labute approximate surface area is 253 Å². The average Bonchev–Trinajstić information content (AvgIpc) is 3.77. The van der Waals surface area contributed by atoms with Crippen molar-refractivity contribution in [2.75, 3.05) is 82.7 Å². The second-order valence-electron chi connectivity index (χ2n) is 11.3. The van der Waals surface area contributed by atoms with Crippen LogP contribution in [0.3, 0.4) is 0 Å². The number of rotatable bonds is 9. The van der Waals surface area contributed by atoms with Crippen LogP contribution in [0.25, 0.3) is 28.1 Å². The van der Waals surface area contributed by atoms with Gasteiger partial charge in [-0.3, -0.25) is 18.9 Å². The van der Waals surface area contributed by atoms with Crippen molar-refractivity contribution in [1.82, 2.24) is 38.8 Å². The van der Waals surface area contributed by atoms with E-state index in [4.69, 9.17) is 14.9 Å². The van der Waals surface area contributed by atoms with Crippen LogP contribution in [-0.2, 0) is 13.6 Å². The number of furan rings is 1. The van der Waals surface area contributed by atoms with Crippen molar-refractivity contribution in [3.8, 4) is 17.2 Å². The maximum atomic E-state index is 15.1. The van der Waals surface area contributed by atoms with Crippen LogP contribution in [0.2, 0.25) is 0 Å². The molecule has 0 spiro atoms. The van der Waals surface area contributed by atoms with E-state index < -0.39 is 0 Å². The fourth-order valence-corrected chi connectivity index (χ4v) is 6.19. The van der Waals surface area contributed by atoms with Gasteiger partial charge in [-0.15, -0.1) is 0 Å². The van der Waals surface area contributed by atoms with Crippen LogP contribution < -0.4 is 26.4 Å². The molecule has 0 unspecified atom stereocenters. The number of aromatic nitrogens is 5. The number of fused-ring (bicyclic) bond motifs is 3. The van der Waals surface area contributed by atoms with E-state index >= 15 is 4.39 Å². The Hall–Kier alpha value is -4.40. The summed E-state index contributed by atoms with van der Waals surface area (Å²) in [5.41, 5.74) is 9.17. The molecule has 2 aliphatic rings. The molecule has 0 saturated carbocycles. The van der Waals surface area contributed by atoms with Crippen LogP contribution in [0, 0.1) is 5.82 Å². The van der Waals surface area contributed by atoms with Crippen LogP contribution in [0.4, 0.5) is 16.0 Å². The summed E-state index contributed by atoms with van der Waals surface area (Å²) >= 11 is 0. The van der Waals surface area contributed by atoms with Gasteiger partial charge in [-0.1, -0.05) is 0 Å². The van der Waals surface area contributed by atoms with Crippen LogP contribution >= 0.6 is 0 Å². The standard InChI is InChI=1S/C30H37FN10O3/c1-36-27-25-20-23(26-3-2-17-44-26)35-41(25)29(32)34-28(27)40(30(36)42)15-12-38-10-13-39(14-11-38)24-5-4-21(19-22(24)31)43-18-16-37-8-6-33-7-9-37/h2-5,17,19-20,33H,6-16,18H2,1H3,(H2,32,34). The SMILES string of the molecule is Cn1c(=O)n(CCN2CCN(c3ccc(OCCN4CCNCC4)cc3F)CC2)c2nc(N)n3nc(-c4ccco4)cc3c21. The first-order chi connectivity index (χ1) is 21.5. The predicted molar refractivity (Wildman–Crippen MR) is 166 cm³/mol. The van der Waals surface area contributed by atoms with Gasteiger partial charge in [0.15, 0.2) is 11.4 Å². The number of benzene rings is 1. The van der Waals surface area contributed by atoms with Gasteiger partial charge in [0.05, 0.1) is 17.5 Å². The van der Waals surface area contributed by atoms with Crippen LogP contribution in [0.15, 0.2) is 51.9 Å². The van der Waals surface area contributed by atoms with E-state index in [0.29, 0.717) is 72.4 Å². The van der Waals surface area contributed by atoms with Crippen molar-refractivity contribution in [2.45, 2.75) is 6.54 Å². The summed E-state index contributed by atoms with van der Waals surface area (Å²) in [5.74, 6) is 1.08. The number of aryl methyl sites for hydroxylation is 1. The zero-order valence-electron chi connectivity index (χ0n) is 24.8. The van der Waals surface area contributed by atoms with Crippen LogP contribution in [0.1, 0.15) is 0 Å². The molecule has 0 atom stereocenters. The fourth-order valence-electron chi connectivity index (χ4n) is 6.19. The number of nitrogens with one attached hydrogen (secondary N) is 1. The zero-order valence-corrected chi connectivity index (χ0v) is 24.8. The molecule has 232 valence electrons. The van der Waals surface area contributed by atoms with Gasteiger partial charge in [0.1, 0.15) is 29.4 Å². The lowest BCUT2D eigenvalue weighted by molar-refractivity contribution is 0.191. The average molecular weight is 605 g/mol. The van der Waals surface area contributed by atoms with Crippen molar-refractivity contribution in [3.05, 3.63) is 59.0 Å². The number of anilines is 2. The molecule has 2 aliphatic heterocycles. The number of piperazine rings is 2. The Kier molecular flexibility index (Phi) is 7.70. The predicted octanol–water partition coefficient (Wildman–Crippen LogP) is 1.47. The Morgan fingerprint density at radius 1 is 1.02 bits per heavy atom. The normalized spacial score (nSPS) is 16.8. The van der Waals surface area contributed by atoms with Gasteiger partial charge >= 0.3 is 5.69 Å². The summed E-state index contributed by atoms with van der Waals surface area (Å²) in [5, 5.41) is 7.88. The molecule has 0 amide bonds. The Morgan fingerprint density at radius 2 is 1.82 bits per heavy atom. The van der Waals surface area contributed by atoms with Crippen molar-refractivity contribution in [1.29, 1.82) is 0 Å². The molecule has 6 heterocycles. The third-order valence-corrected chi connectivity index (χ3v) is 8.64. The van der Waals surface area contributed by atoms with Gasteiger partial charge in [0, 0.05) is 85.1 Å². The summed E-state index contributed by atoms with van der Waals surface area (Å²) < 4.78 is 31.2. The van der Waals surface area contributed by atoms with E-state index in [0.717, 1.165) is 45.8 Å². The van der Waals surface area contributed by atoms with Crippen LogP contribution in [0.5, 0.6) is 5.75 Å². The topological polar surface area (TPSA) is 127 Å². The first-order valence-corrected chi connectivity index (χ1v) is 15.1. The van der Waals surface area contributed by atoms with Gasteiger partial charge in [0.25, 0.3) is 0 Å².